The molecule has 5 rings (SSSR count). The Hall–Kier alpha value is -4.13. The first-order valence-electron chi connectivity index (χ1n) is 10.5. The third-order valence-corrected chi connectivity index (χ3v) is 5.71. The van der Waals surface area contributed by atoms with Gasteiger partial charge in [-0.1, -0.05) is 12.1 Å². The normalized spacial score (nSPS) is 17.3. The fraction of sp³-hybridized carbons (Fsp3) is 0.160. The molecular formula is C25H21N3O4. The van der Waals surface area contributed by atoms with Gasteiger partial charge in [0.15, 0.2) is 0 Å². The van der Waals surface area contributed by atoms with Gasteiger partial charge in [0.2, 0.25) is 0 Å². The molecule has 1 saturated heterocycles. The molecule has 0 radical (unpaired) electrons. The number of furan rings is 1. The summed E-state index contributed by atoms with van der Waals surface area (Å²) < 4.78 is 5.21. The maximum atomic E-state index is 13.3. The number of rotatable bonds is 5. The van der Waals surface area contributed by atoms with Gasteiger partial charge in [-0.05, 0) is 66.9 Å². The first-order chi connectivity index (χ1) is 15.6. The van der Waals surface area contributed by atoms with Crippen molar-refractivity contribution in [1.82, 2.24) is 0 Å². The number of hydrogen-bond donors (Lipinski definition) is 1. The van der Waals surface area contributed by atoms with Crippen molar-refractivity contribution in [2.75, 3.05) is 23.0 Å². The topological polar surface area (TPSA) is 86.3 Å². The molecule has 0 aliphatic carbocycles. The molecule has 3 aromatic rings. The maximum absolute atomic E-state index is 13.3. The highest BCUT2D eigenvalue weighted by molar-refractivity contribution is 6.37. The van der Waals surface area contributed by atoms with Crippen LogP contribution in [0.5, 0.6) is 0 Å². The summed E-state index contributed by atoms with van der Waals surface area (Å²) in [6.45, 7) is 2.15. The van der Waals surface area contributed by atoms with Gasteiger partial charge in [-0.2, -0.15) is 10.1 Å². The highest BCUT2D eigenvalue weighted by Gasteiger charge is 2.32. The zero-order valence-corrected chi connectivity index (χ0v) is 17.3. The van der Waals surface area contributed by atoms with Crippen LogP contribution in [0.2, 0.25) is 0 Å². The lowest BCUT2D eigenvalue weighted by Gasteiger charge is -2.17. The van der Waals surface area contributed by atoms with E-state index in [1.54, 1.807) is 24.5 Å². The fourth-order valence-corrected chi connectivity index (χ4v) is 4.00. The number of hydrogen-bond acceptors (Lipinski definition) is 5. The standard InChI is InChI=1S/C25H21N3O4/c29-24-22(15-17-3-7-20(8-4-17)27-12-1-2-13-27)23(19-11-14-32-16-19)26-28(24)21-9-5-18(6-10-21)25(30)31/h3-11,14-16H,1-2,12-13H2,(H,30,31)/b22-15-. The molecule has 1 amide bonds. The SMILES string of the molecule is O=C(O)c1ccc(N2N=C(c3ccoc3)/C(=C/c3ccc(N4CCCC4)cc3)C2=O)cc1. The minimum atomic E-state index is -1.02. The van der Waals surface area contributed by atoms with Crippen molar-refractivity contribution < 1.29 is 19.1 Å². The van der Waals surface area contributed by atoms with Gasteiger partial charge in [0, 0.05) is 24.3 Å². The van der Waals surface area contributed by atoms with Crippen LogP contribution in [-0.4, -0.2) is 35.8 Å². The third-order valence-electron chi connectivity index (χ3n) is 5.71. The van der Waals surface area contributed by atoms with Gasteiger partial charge in [0.05, 0.1) is 29.4 Å². The van der Waals surface area contributed by atoms with Gasteiger partial charge in [0.25, 0.3) is 5.91 Å². The van der Waals surface area contributed by atoms with Gasteiger partial charge in [-0.15, -0.1) is 0 Å². The Bertz CT molecular complexity index is 1200. The van der Waals surface area contributed by atoms with Gasteiger partial charge in [-0.25, -0.2) is 4.79 Å². The number of nitrogens with zero attached hydrogens (tertiary/aromatic N) is 3. The molecule has 160 valence electrons. The van der Waals surface area contributed by atoms with E-state index in [-0.39, 0.29) is 11.5 Å². The van der Waals surface area contributed by atoms with Crippen molar-refractivity contribution in [3.63, 3.8) is 0 Å². The van der Waals surface area contributed by atoms with E-state index < -0.39 is 5.97 Å². The summed E-state index contributed by atoms with van der Waals surface area (Å²) in [5.74, 6) is -1.31. The molecule has 0 bridgehead atoms. The van der Waals surface area contributed by atoms with E-state index in [0.29, 0.717) is 22.5 Å². The summed E-state index contributed by atoms with van der Waals surface area (Å²) in [6, 6.07) is 16.0. The molecular weight excluding hydrogens is 406 g/mol. The zero-order chi connectivity index (χ0) is 22.1. The average Bonchev–Trinajstić information content (AvgIpc) is 3.57. The number of amides is 1. The van der Waals surface area contributed by atoms with Crippen LogP contribution in [0.3, 0.4) is 0 Å². The van der Waals surface area contributed by atoms with Crippen molar-refractivity contribution >= 4 is 35.0 Å². The summed E-state index contributed by atoms with van der Waals surface area (Å²) in [5, 5.41) is 14.9. The lowest BCUT2D eigenvalue weighted by molar-refractivity contribution is -0.114. The van der Waals surface area contributed by atoms with E-state index >= 15 is 0 Å². The lowest BCUT2D eigenvalue weighted by atomic mass is 10.0. The van der Waals surface area contributed by atoms with Gasteiger partial charge >= 0.3 is 5.97 Å². The number of hydrazone groups is 1. The van der Waals surface area contributed by atoms with Gasteiger partial charge in [0.1, 0.15) is 5.71 Å². The fourth-order valence-electron chi connectivity index (χ4n) is 4.00. The van der Waals surface area contributed by atoms with Gasteiger partial charge in [-0.3, -0.25) is 4.79 Å². The Morgan fingerprint density at radius 1 is 0.969 bits per heavy atom. The van der Waals surface area contributed by atoms with Crippen LogP contribution < -0.4 is 9.91 Å². The first-order valence-corrected chi connectivity index (χ1v) is 10.5. The molecule has 2 aromatic carbocycles. The predicted octanol–water partition coefficient (Wildman–Crippen LogP) is 4.41. The summed E-state index contributed by atoms with van der Waals surface area (Å²) in [4.78, 5) is 26.8. The zero-order valence-electron chi connectivity index (χ0n) is 17.3. The summed E-state index contributed by atoms with van der Waals surface area (Å²) >= 11 is 0. The van der Waals surface area contributed by atoms with Crippen molar-refractivity contribution in [3.05, 3.63) is 89.4 Å². The molecule has 7 heteroatoms. The first kappa shape index (κ1) is 19.8. The van der Waals surface area contributed by atoms with E-state index in [1.165, 1.54) is 41.9 Å². The third kappa shape index (κ3) is 3.69. The maximum Gasteiger partial charge on any atom is 0.335 e. The molecule has 2 aliphatic rings. The predicted molar refractivity (Wildman–Crippen MR) is 122 cm³/mol. The van der Waals surface area contributed by atoms with E-state index in [9.17, 15) is 9.59 Å². The second-order valence-electron chi connectivity index (χ2n) is 7.77. The van der Waals surface area contributed by atoms with Crippen LogP contribution in [0, 0.1) is 0 Å². The van der Waals surface area contributed by atoms with E-state index in [1.807, 2.05) is 18.2 Å². The second-order valence-corrected chi connectivity index (χ2v) is 7.77. The molecule has 2 aliphatic heterocycles. The summed E-state index contributed by atoms with van der Waals surface area (Å²) in [6.07, 6.45) is 7.35. The smallest absolute Gasteiger partial charge is 0.335 e. The van der Waals surface area contributed by atoms with Crippen LogP contribution in [0.25, 0.3) is 6.08 Å². The molecule has 7 nitrogen and oxygen atoms in total. The Morgan fingerprint density at radius 3 is 2.28 bits per heavy atom. The molecule has 0 saturated carbocycles. The molecule has 1 fully saturated rings. The molecule has 0 spiro atoms. The Kier molecular flexibility index (Phi) is 5.07. The number of benzene rings is 2. The minimum Gasteiger partial charge on any atom is -0.478 e. The van der Waals surface area contributed by atoms with Crippen molar-refractivity contribution in [2.24, 2.45) is 5.10 Å². The largest absolute Gasteiger partial charge is 0.478 e. The number of anilines is 2. The summed E-state index contributed by atoms with van der Waals surface area (Å²) in [7, 11) is 0. The molecule has 1 N–H and O–H groups in total. The number of carbonyl (C=O) groups excluding carboxylic acids is 1. The highest BCUT2D eigenvalue weighted by atomic mass is 16.4. The van der Waals surface area contributed by atoms with Crippen molar-refractivity contribution in [3.8, 4) is 0 Å². The lowest BCUT2D eigenvalue weighted by Crippen LogP contribution is -2.21. The molecule has 0 unspecified atom stereocenters. The number of carbonyl (C=O) groups is 2. The molecule has 1 aromatic heterocycles. The van der Waals surface area contributed by atoms with Crippen molar-refractivity contribution in [2.45, 2.75) is 12.8 Å². The quantitative estimate of drug-likeness (QED) is 0.610. The molecule has 32 heavy (non-hydrogen) atoms. The minimum absolute atomic E-state index is 0.147. The second kappa shape index (κ2) is 8.19. The number of aromatic carboxylic acids is 1. The number of carboxylic acid groups (broad SMARTS) is 1. The van der Waals surface area contributed by atoms with Crippen molar-refractivity contribution in [1.29, 1.82) is 0 Å². The van der Waals surface area contributed by atoms with E-state index in [4.69, 9.17) is 9.52 Å². The number of carboxylic acids is 1. The van der Waals surface area contributed by atoms with Crippen LogP contribution in [0.1, 0.15) is 34.3 Å². The monoisotopic (exact) mass is 427 g/mol. The van der Waals surface area contributed by atoms with Crippen LogP contribution in [0.15, 0.2) is 82.2 Å². The van der Waals surface area contributed by atoms with Crippen LogP contribution in [0.4, 0.5) is 11.4 Å². The highest BCUT2D eigenvalue weighted by Crippen LogP contribution is 2.29. The van der Waals surface area contributed by atoms with E-state index in [0.717, 1.165) is 18.7 Å². The Balaban J connectivity index is 1.48. The van der Waals surface area contributed by atoms with Crippen LogP contribution >= 0.6 is 0 Å². The van der Waals surface area contributed by atoms with E-state index in [2.05, 4.69) is 22.1 Å². The Labute approximate surface area is 184 Å². The summed E-state index contributed by atoms with van der Waals surface area (Å²) in [5.41, 5.74) is 4.38. The molecule has 0 atom stereocenters. The van der Waals surface area contributed by atoms with Gasteiger partial charge < -0.3 is 14.4 Å². The Morgan fingerprint density at radius 2 is 1.66 bits per heavy atom. The molecule has 3 heterocycles. The van der Waals surface area contributed by atoms with Crippen LogP contribution in [-0.2, 0) is 4.79 Å². The average molecular weight is 427 g/mol.